The van der Waals surface area contributed by atoms with E-state index in [2.05, 4.69) is 22.3 Å². The van der Waals surface area contributed by atoms with Crippen molar-refractivity contribution in [1.82, 2.24) is 10.0 Å². The molecule has 0 atom stereocenters. The van der Waals surface area contributed by atoms with E-state index in [0.29, 0.717) is 4.90 Å². The Hall–Kier alpha value is -1.11. The molecule has 1 aromatic rings. The third-order valence-electron chi connectivity index (χ3n) is 4.22. The highest BCUT2D eigenvalue weighted by Crippen LogP contribution is 2.26. The Balaban J connectivity index is 1.68. The molecular formula is C15H23N3O2S. The third kappa shape index (κ3) is 3.75. The van der Waals surface area contributed by atoms with Gasteiger partial charge in [0.15, 0.2) is 0 Å². The van der Waals surface area contributed by atoms with Crippen molar-refractivity contribution in [2.24, 2.45) is 0 Å². The van der Waals surface area contributed by atoms with Crippen molar-refractivity contribution in [2.45, 2.75) is 49.1 Å². The van der Waals surface area contributed by atoms with Crippen LogP contribution in [0.4, 0.5) is 5.69 Å². The summed E-state index contributed by atoms with van der Waals surface area (Å²) in [5.41, 5.74) is 1.06. The molecule has 0 radical (unpaired) electrons. The summed E-state index contributed by atoms with van der Waals surface area (Å²) in [6.07, 6.45) is 4.03. The van der Waals surface area contributed by atoms with Gasteiger partial charge in [-0.2, -0.15) is 0 Å². The maximum absolute atomic E-state index is 12.1. The van der Waals surface area contributed by atoms with Gasteiger partial charge in [-0.1, -0.05) is 0 Å². The predicted octanol–water partition coefficient (Wildman–Crippen LogP) is 1.68. The number of sulfonamides is 1. The molecule has 3 rings (SSSR count). The summed E-state index contributed by atoms with van der Waals surface area (Å²) in [6.45, 7) is 4.25. The maximum atomic E-state index is 12.1. The van der Waals surface area contributed by atoms with E-state index in [9.17, 15) is 8.42 Å². The van der Waals surface area contributed by atoms with Crippen molar-refractivity contribution in [3.8, 4) is 0 Å². The Bertz CT molecular complexity index is 588. The first-order valence-corrected chi connectivity index (χ1v) is 9.07. The minimum Gasteiger partial charge on any atom is -0.380 e. The predicted molar refractivity (Wildman–Crippen MR) is 83.9 cm³/mol. The van der Waals surface area contributed by atoms with E-state index >= 15 is 0 Å². The smallest absolute Gasteiger partial charge is 0.240 e. The quantitative estimate of drug-likeness (QED) is 0.774. The Labute approximate surface area is 126 Å². The molecule has 0 bridgehead atoms. The average Bonchev–Trinajstić information content (AvgIpc) is 3.23. The van der Waals surface area contributed by atoms with Gasteiger partial charge in [0.25, 0.3) is 0 Å². The Morgan fingerprint density at radius 3 is 2.33 bits per heavy atom. The average molecular weight is 309 g/mol. The molecule has 21 heavy (non-hydrogen) atoms. The zero-order chi connectivity index (χ0) is 14.9. The molecule has 1 saturated heterocycles. The number of anilines is 1. The summed E-state index contributed by atoms with van der Waals surface area (Å²) in [5.74, 6) is 0. The molecule has 116 valence electrons. The van der Waals surface area contributed by atoms with Crippen molar-refractivity contribution in [2.75, 3.05) is 18.4 Å². The van der Waals surface area contributed by atoms with Gasteiger partial charge in [0.05, 0.1) is 4.90 Å². The number of hydrogen-bond acceptors (Lipinski definition) is 4. The monoisotopic (exact) mass is 309 g/mol. The molecular weight excluding hydrogens is 286 g/mol. The molecule has 1 aliphatic carbocycles. The second-order valence-electron chi connectivity index (χ2n) is 6.36. The zero-order valence-electron chi connectivity index (χ0n) is 12.4. The zero-order valence-corrected chi connectivity index (χ0v) is 13.2. The van der Waals surface area contributed by atoms with E-state index in [1.165, 1.54) is 0 Å². The van der Waals surface area contributed by atoms with Crippen molar-refractivity contribution in [3.05, 3.63) is 24.3 Å². The molecule has 1 heterocycles. The van der Waals surface area contributed by atoms with Gasteiger partial charge >= 0.3 is 0 Å². The van der Waals surface area contributed by atoms with Gasteiger partial charge < -0.3 is 10.6 Å². The van der Waals surface area contributed by atoms with E-state index in [-0.39, 0.29) is 11.6 Å². The fourth-order valence-electron chi connectivity index (χ4n) is 2.66. The van der Waals surface area contributed by atoms with Crippen LogP contribution in [0, 0.1) is 0 Å². The first-order valence-electron chi connectivity index (χ1n) is 7.58. The summed E-state index contributed by atoms with van der Waals surface area (Å²) < 4.78 is 26.9. The standard InChI is InChI=1S/C15H23N3O2S/c1-15(8-10-16-11-9-15)17-12-4-6-14(7-5-12)21(19,20)18-13-2-3-13/h4-7,13,16-18H,2-3,8-11H2,1H3. The van der Waals surface area contributed by atoms with Crippen LogP contribution in [0.25, 0.3) is 0 Å². The van der Waals surface area contributed by atoms with Crippen LogP contribution >= 0.6 is 0 Å². The van der Waals surface area contributed by atoms with Crippen LogP contribution in [-0.2, 0) is 10.0 Å². The summed E-state index contributed by atoms with van der Waals surface area (Å²) in [4.78, 5) is 0.343. The molecule has 0 aromatic heterocycles. The molecule has 1 saturated carbocycles. The van der Waals surface area contributed by atoms with Crippen molar-refractivity contribution < 1.29 is 8.42 Å². The minimum absolute atomic E-state index is 0.0813. The summed E-state index contributed by atoms with van der Waals surface area (Å²) >= 11 is 0. The van der Waals surface area contributed by atoms with Gasteiger partial charge in [0, 0.05) is 17.3 Å². The van der Waals surface area contributed by atoms with Crippen molar-refractivity contribution in [1.29, 1.82) is 0 Å². The highest BCUT2D eigenvalue weighted by atomic mass is 32.2. The largest absolute Gasteiger partial charge is 0.380 e. The second-order valence-corrected chi connectivity index (χ2v) is 8.07. The lowest BCUT2D eigenvalue weighted by atomic mass is 9.90. The first-order chi connectivity index (χ1) is 9.97. The molecule has 1 aromatic carbocycles. The number of piperidine rings is 1. The minimum atomic E-state index is -3.35. The van der Waals surface area contributed by atoms with Crippen LogP contribution in [0.5, 0.6) is 0 Å². The van der Waals surface area contributed by atoms with E-state index in [0.717, 1.165) is 44.5 Å². The van der Waals surface area contributed by atoms with Crippen molar-refractivity contribution in [3.63, 3.8) is 0 Å². The number of hydrogen-bond donors (Lipinski definition) is 3. The lowest BCUT2D eigenvalue weighted by Gasteiger charge is -2.36. The highest BCUT2D eigenvalue weighted by molar-refractivity contribution is 7.89. The van der Waals surface area contributed by atoms with E-state index < -0.39 is 10.0 Å². The van der Waals surface area contributed by atoms with Gasteiger partial charge in [-0.05, 0) is 70.0 Å². The Morgan fingerprint density at radius 1 is 1.14 bits per heavy atom. The van der Waals surface area contributed by atoms with Crippen LogP contribution < -0.4 is 15.4 Å². The fourth-order valence-corrected chi connectivity index (χ4v) is 3.96. The van der Waals surface area contributed by atoms with E-state index in [1.807, 2.05) is 12.1 Å². The molecule has 6 heteroatoms. The summed E-state index contributed by atoms with van der Waals surface area (Å²) in [6, 6.07) is 7.21. The van der Waals surface area contributed by atoms with E-state index in [1.54, 1.807) is 12.1 Å². The van der Waals surface area contributed by atoms with Crippen LogP contribution in [0.3, 0.4) is 0 Å². The topological polar surface area (TPSA) is 70.2 Å². The molecule has 5 nitrogen and oxygen atoms in total. The lowest BCUT2D eigenvalue weighted by Crippen LogP contribution is -2.45. The van der Waals surface area contributed by atoms with Gasteiger partial charge in [-0.15, -0.1) is 0 Å². The maximum Gasteiger partial charge on any atom is 0.240 e. The normalized spacial score (nSPS) is 22.0. The van der Waals surface area contributed by atoms with Gasteiger partial charge in [0.1, 0.15) is 0 Å². The molecule has 0 spiro atoms. The van der Waals surface area contributed by atoms with E-state index in [4.69, 9.17) is 0 Å². The van der Waals surface area contributed by atoms with Crippen molar-refractivity contribution >= 4 is 15.7 Å². The van der Waals surface area contributed by atoms with Crippen LogP contribution in [-0.4, -0.2) is 33.1 Å². The summed E-state index contributed by atoms with van der Waals surface area (Å²) in [5, 5.41) is 6.88. The molecule has 2 aliphatic rings. The SMILES string of the molecule is CC1(Nc2ccc(S(=O)(=O)NC3CC3)cc2)CCNCC1. The Kier molecular flexibility index (Phi) is 3.94. The van der Waals surface area contributed by atoms with Gasteiger partial charge in [-0.3, -0.25) is 0 Å². The fraction of sp³-hybridized carbons (Fsp3) is 0.600. The molecule has 3 N–H and O–H groups in total. The number of rotatable bonds is 5. The molecule has 2 fully saturated rings. The highest BCUT2D eigenvalue weighted by Gasteiger charge is 2.28. The van der Waals surface area contributed by atoms with Crippen LogP contribution in [0.2, 0.25) is 0 Å². The van der Waals surface area contributed by atoms with Crippen LogP contribution in [0.15, 0.2) is 29.2 Å². The second kappa shape index (κ2) is 5.59. The molecule has 0 amide bonds. The van der Waals surface area contributed by atoms with Crippen LogP contribution in [0.1, 0.15) is 32.6 Å². The summed E-state index contributed by atoms with van der Waals surface area (Å²) in [7, 11) is -3.35. The number of benzene rings is 1. The van der Waals surface area contributed by atoms with Gasteiger partial charge in [-0.25, -0.2) is 13.1 Å². The molecule has 1 aliphatic heterocycles. The Morgan fingerprint density at radius 2 is 1.76 bits per heavy atom. The molecule has 0 unspecified atom stereocenters. The first kappa shape index (κ1) is 14.8. The number of nitrogens with one attached hydrogen (secondary N) is 3. The van der Waals surface area contributed by atoms with Gasteiger partial charge in [0.2, 0.25) is 10.0 Å². The third-order valence-corrected chi connectivity index (χ3v) is 5.75. The lowest BCUT2D eigenvalue weighted by molar-refractivity contribution is 0.365.